The Balaban J connectivity index is 1.69. The number of nitrogens with zero attached hydrogens (tertiary/aromatic N) is 4. The van der Waals surface area contributed by atoms with E-state index in [1.165, 1.54) is 11.3 Å². The molecule has 0 spiro atoms. The van der Waals surface area contributed by atoms with Crippen LogP contribution in [-0.4, -0.2) is 69.6 Å². The zero-order chi connectivity index (χ0) is 17.1. The molecule has 0 aromatic carbocycles. The number of aromatic nitrogens is 2. The average Bonchev–Trinajstić information content (AvgIpc) is 2.97. The van der Waals surface area contributed by atoms with Crippen molar-refractivity contribution in [2.75, 3.05) is 32.7 Å². The highest BCUT2D eigenvalue weighted by Crippen LogP contribution is 2.27. The fourth-order valence-corrected chi connectivity index (χ4v) is 3.86. The van der Waals surface area contributed by atoms with Gasteiger partial charge in [-0.05, 0) is 26.0 Å². The second-order valence-electron chi connectivity index (χ2n) is 6.09. The summed E-state index contributed by atoms with van der Waals surface area (Å²) in [5.74, 6) is 0.0453. The summed E-state index contributed by atoms with van der Waals surface area (Å²) < 4.78 is 0. The van der Waals surface area contributed by atoms with Crippen molar-refractivity contribution in [2.24, 2.45) is 0 Å². The summed E-state index contributed by atoms with van der Waals surface area (Å²) in [7, 11) is 0. The van der Waals surface area contributed by atoms with Crippen molar-refractivity contribution in [1.29, 1.82) is 0 Å². The van der Waals surface area contributed by atoms with Gasteiger partial charge in [0, 0.05) is 38.9 Å². The van der Waals surface area contributed by atoms with E-state index in [-0.39, 0.29) is 12.0 Å². The molecule has 7 heteroatoms. The van der Waals surface area contributed by atoms with Gasteiger partial charge in [-0.3, -0.25) is 14.7 Å². The summed E-state index contributed by atoms with van der Waals surface area (Å²) in [5.41, 5.74) is 1.56. The van der Waals surface area contributed by atoms with Gasteiger partial charge in [-0.15, -0.1) is 11.3 Å². The minimum atomic E-state index is -0.336. The van der Waals surface area contributed by atoms with Crippen molar-refractivity contribution in [2.45, 2.75) is 20.0 Å². The third kappa shape index (κ3) is 3.80. The van der Waals surface area contributed by atoms with Gasteiger partial charge in [-0.25, -0.2) is 4.98 Å². The van der Waals surface area contributed by atoms with Crippen LogP contribution in [0.15, 0.2) is 24.4 Å². The summed E-state index contributed by atoms with van der Waals surface area (Å²) in [6.45, 7) is 7.27. The van der Waals surface area contributed by atoms with Crippen molar-refractivity contribution in [3.63, 3.8) is 0 Å². The molecule has 1 aliphatic rings. The molecule has 1 fully saturated rings. The first-order valence-corrected chi connectivity index (χ1v) is 8.95. The van der Waals surface area contributed by atoms with Crippen molar-refractivity contribution in [1.82, 2.24) is 19.8 Å². The van der Waals surface area contributed by atoms with Crippen LogP contribution in [-0.2, 0) is 0 Å². The van der Waals surface area contributed by atoms with Crippen LogP contribution in [0.5, 0.6) is 0 Å². The highest BCUT2D eigenvalue weighted by atomic mass is 32.1. The smallest absolute Gasteiger partial charge is 0.265 e. The number of thiazole rings is 1. The maximum absolute atomic E-state index is 12.8. The van der Waals surface area contributed by atoms with Gasteiger partial charge in [0.25, 0.3) is 5.91 Å². The summed E-state index contributed by atoms with van der Waals surface area (Å²) in [6.07, 6.45) is 1.39. The molecule has 0 saturated carbocycles. The van der Waals surface area contributed by atoms with Crippen molar-refractivity contribution >= 4 is 17.2 Å². The van der Waals surface area contributed by atoms with E-state index in [0.717, 1.165) is 29.5 Å². The molecule has 0 radical (unpaired) electrons. The van der Waals surface area contributed by atoms with E-state index >= 15 is 0 Å². The molecule has 1 unspecified atom stereocenters. The SMILES string of the molecule is Cc1nc(-c2ccccn2)sc1C(=O)N1CCN(CC(C)O)CC1. The Morgan fingerprint density at radius 2 is 2.08 bits per heavy atom. The molecule has 24 heavy (non-hydrogen) atoms. The highest BCUT2D eigenvalue weighted by molar-refractivity contribution is 7.17. The van der Waals surface area contributed by atoms with E-state index in [1.807, 2.05) is 30.0 Å². The predicted octanol–water partition coefficient (Wildman–Crippen LogP) is 1.65. The number of aliphatic hydroxyl groups is 1. The van der Waals surface area contributed by atoms with Gasteiger partial charge in [0.1, 0.15) is 9.88 Å². The van der Waals surface area contributed by atoms with Gasteiger partial charge < -0.3 is 10.0 Å². The Kier molecular flexibility index (Phi) is 5.23. The monoisotopic (exact) mass is 346 g/mol. The molecule has 2 aromatic heterocycles. The molecule has 0 aliphatic carbocycles. The van der Waals surface area contributed by atoms with Crippen LogP contribution in [0.3, 0.4) is 0 Å². The number of carbonyl (C=O) groups excluding carboxylic acids is 1. The van der Waals surface area contributed by atoms with Crippen LogP contribution < -0.4 is 0 Å². The minimum Gasteiger partial charge on any atom is -0.392 e. The van der Waals surface area contributed by atoms with Crippen LogP contribution in [0.1, 0.15) is 22.3 Å². The molecular formula is C17H22N4O2S. The average molecular weight is 346 g/mol. The van der Waals surface area contributed by atoms with E-state index in [0.29, 0.717) is 24.5 Å². The minimum absolute atomic E-state index is 0.0453. The second kappa shape index (κ2) is 7.38. The highest BCUT2D eigenvalue weighted by Gasteiger charge is 2.26. The summed E-state index contributed by atoms with van der Waals surface area (Å²) in [5, 5.41) is 10.3. The first kappa shape index (κ1) is 17.0. The van der Waals surface area contributed by atoms with Gasteiger partial charge in [0.05, 0.1) is 17.5 Å². The van der Waals surface area contributed by atoms with Crippen LogP contribution >= 0.6 is 11.3 Å². The standard InChI is InChI=1S/C17H22N4O2S/c1-12(22)11-20-7-9-21(10-8-20)17(23)15-13(2)19-16(24-15)14-5-3-4-6-18-14/h3-6,12,22H,7-11H2,1-2H3. The molecule has 128 valence electrons. The van der Waals surface area contributed by atoms with Gasteiger partial charge in [0.15, 0.2) is 0 Å². The van der Waals surface area contributed by atoms with Crippen molar-refractivity contribution in [3.8, 4) is 10.7 Å². The first-order valence-electron chi connectivity index (χ1n) is 8.13. The number of hydrogen-bond donors (Lipinski definition) is 1. The van der Waals surface area contributed by atoms with E-state index in [9.17, 15) is 9.90 Å². The van der Waals surface area contributed by atoms with Crippen molar-refractivity contribution in [3.05, 3.63) is 35.0 Å². The fraction of sp³-hybridized carbons (Fsp3) is 0.471. The number of pyridine rings is 1. The molecule has 1 atom stereocenters. The lowest BCUT2D eigenvalue weighted by Gasteiger charge is -2.35. The van der Waals surface area contributed by atoms with Crippen LogP contribution in [0.25, 0.3) is 10.7 Å². The molecule has 3 heterocycles. The normalized spacial score (nSPS) is 17.0. The van der Waals surface area contributed by atoms with Gasteiger partial charge in [-0.2, -0.15) is 0 Å². The van der Waals surface area contributed by atoms with E-state index in [2.05, 4.69) is 14.9 Å². The summed E-state index contributed by atoms with van der Waals surface area (Å²) >= 11 is 1.41. The second-order valence-corrected chi connectivity index (χ2v) is 7.09. The lowest BCUT2D eigenvalue weighted by Crippen LogP contribution is -2.50. The molecule has 3 rings (SSSR count). The lowest BCUT2D eigenvalue weighted by atomic mass is 10.2. The fourth-order valence-electron chi connectivity index (χ4n) is 2.84. The van der Waals surface area contributed by atoms with E-state index in [4.69, 9.17) is 0 Å². The largest absolute Gasteiger partial charge is 0.392 e. The molecule has 2 aromatic rings. The Morgan fingerprint density at radius 1 is 1.33 bits per heavy atom. The molecule has 1 aliphatic heterocycles. The summed E-state index contributed by atoms with van der Waals surface area (Å²) in [6, 6.07) is 5.69. The Hall–Kier alpha value is -1.83. The molecule has 1 amide bonds. The van der Waals surface area contributed by atoms with Crippen molar-refractivity contribution < 1.29 is 9.90 Å². The van der Waals surface area contributed by atoms with Crippen LogP contribution in [0.2, 0.25) is 0 Å². The number of aryl methyl sites for hydroxylation is 1. The van der Waals surface area contributed by atoms with E-state index < -0.39 is 0 Å². The Labute approximate surface area is 145 Å². The number of amides is 1. The third-order valence-electron chi connectivity index (χ3n) is 4.06. The number of β-amino-alcohol motifs (C(OH)–C–C–N with tert-alkyl or cyclic N) is 1. The topological polar surface area (TPSA) is 69.6 Å². The third-order valence-corrected chi connectivity index (χ3v) is 5.22. The van der Waals surface area contributed by atoms with Gasteiger partial charge in [0.2, 0.25) is 0 Å². The molecule has 1 N–H and O–H groups in total. The molecular weight excluding hydrogens is 324 g/mol. The molecule has 6 nitrogen and oxygen atoms in total. The maximum atomic E-state index is 12.8. The summed E-state index contributed by atoms with van der Waals surface area (Å²) in [4.78, 5) is 26.4. The number of hydrogen-bond acceptors (Lipinski definition) is 6. The quantitative estimate of drug-likeness (QED) is 0.912. The van der Waals surface area contributed by atoms with Crippen LogP contribution in [0.4, 0.5) is 0 Å². The number of aliphatic hydroxyl groups excluding tert-OH is 1. The number of piperazine rings is 1. The maximum Gasteiger partial charge on any atom is 0.265 e. The van der Waals surface area contributed by atoms with Gasteiger partial charge >= 0.3 is 0 Å². The molecule has 0 bridgehead atoms. The molecule has 1 saturated heterocycles. The number of rotatable bonds is 4. The zero-order valence-corrected chi connectivity index (χ0v) is 14.8. The Morgan fingerprint density at radius 3 is 2.71 bits per heavy atom. The van der Waals surface area contributed by atoms with E-state index in [1.54, 1.807) is 13.1 Å². The van der Waals surface area contributed by atoms with Crippen LogP contribution in [0, 0.1) is 6.92 Å². The first-order chi connectivity index (χ1) is 11.5. The van der Waals surface area contributed by atoms with Gasteiger partial charge in [-0.1, -0.05) is 6.07 Å². The zero-order valence-electron chi connectivity index (χ0n) is 14.0. The number of carbonyl (C=O) groups is 1. The predicted molar refractivity (Wildman–Crippen MR) is 94.1 cm³/mol. The Bertz CT molecular complexity index is 694. The lowest BCUT2D eigenvalue weighted by molar-refractivity contribution is 0.0557.